The molecular weight excluding hydrogens is 330 g/mol. The summed E-state index contributed by atoms with van der Waals surface area (Å²) in [6.07, 6.45) is 3.26. The standard InChI is InChI=1S/C21H31NO4/c1-4-25-19(23)21(3,20(24)26-5-2)13-8-9-14-22-15-12-17-10-6-7-11-18(17)16-22/h6-7,10-11H,4-5,8-9,12-16H2,1-3H3. The lowest BCUT2D eigenvalue weighted by Crippen LogP contribution is -2.39. The minimum absolute atomic E-state index is 0.265. The van der Waals surface area contributed by atoms with Crippen molar-refractivity contribution in [2.75, 3.05) is 26.3 Å². The Morgan fingerprint density at radius 1 is 1.04 bits per heavy atom. The number of hydrogen-bond acceptors (Lipinski definition) is 5. The third-order valence-corrected chi connectivity index (χ3v) is 5.06. The molecule has 0 bridgehead atoms. The molecule has 0 fully saturated rings. The summed E-state index contributed by atoms with van der Waals surface area (Å²) in [5, 5.41) is 0. The first-order valence-electron chi connectivity index (χ1n) is 9.64. The quantitative estimate of drug-likeness (QED) is 0.384. The average Bonchev–Trinajstić information content (AvgIpc) is 2.65. The second-order valence-corrected chi connectivity index (χ2v) is 7.03. The van der Waals surface area contributed by atoms with Crippen molar-refractivity contribution in [3.8, 4) is 0 Å². The monoisotopic (exact) mass is 361 g/mol. The van der Waals surface area contributed by atoms with Gasteiger partial charge in [-0.25, -0.2) is 0 Å². The van der Waals surface area contributed by atoms with Gasteiger partial charge in [-0.1, -0.05) is 30.7 Å². The maximum absolute atomic E-state index is 12.3. The summed E-state index contributed by atoms with van der Waals surface area (Å²) < 4.78 is 10.2. The molecule has 0 radical (unpaired) electrons. The number of fused-ring (bicyclic) bond motifs is 1. The van der Waals surface area contributed by atoms with E-state index in [-0.39, 0.29) is 13.2 Å². The van der Waals surface area contributed by atoms with Crippen LogP contribution in [0.4, 0.5) is 0 Å². The molecule has 144 valence electrons. The number of nitrogens with zero attached hydrogens (tertiary/aromatic N) is 1. The molecule has 1 heterocycles. The molecule has 0 aromatic heterocycles. The Hall–Kier alpha value is -1.88. The van der Waals surface area contributed by atoms with E-state index in [1.165, 1.54) is 11.1 Å². The summed E-state index contributed by atoms with van der Waals surface area (Å²) in [4.78, 5) is 27.0. The second kappa shape index (κ2) is 9.72. The van der Waals surface area contributed by atoms with Gasteiger partial charge in [-0.2, -0.15) is 0 Å². The van der Waals surface area contributed by atoms with Crippen molar-refractivity contribution in [1.82, 2.24) is 4.90 Å². The van der Waals surface area contributed by atoms with Gasteiger partial charge >= 0.3 is 11.9 Å². The number of rotatable bonds is 9. The number of carbonyl (C=O) groups is 2. The Bertz CT molecular complexity index is 596. The van der Waals surface area contributed by atoms with E-state index in [0.29, 0.717) is 6.42 Å². The summed E-state index contributed by atoms with van der Waals surface area (Å²) in [6.45, 7) is 8.67. The van der Waals surface area contributed by atoms with Gasteiger partial charge < -0.3 is 9.47 Å². The molecule has 1 aromatic carbocycles. The molecule has 0 amide bonds. The predicted molar refractivity (Wildman–Crippen MR) is 101 cm³/mol. The Balaban J connectivity index is 1.84. The van der Waals surface area contributed by atoms with Crippen molar-refractivity contribution in [2.24, 2.45) is 5.41 Å². The number of ether oxygens (including phenoxy) is 2. The fourth-order valence-electron chi connectivity index (χ4n) is 3.43. The lowest BCUT2D eigenvalue weighted by molar-refractivity contribution is -0.171. The van der Waals surface area contributed by atoms with E-state index in [4.69, 9.17) is 9.47 Å². The lowest BCUT2D eigenvalue weighted by Gasteiger charge is -2.29. The molecule has 26 heavy (non-hydrogen) atoms. The van der Waals surface area contributed by atoms with Gasteiger partial charge in [0.15, 0.2) is 5.41 Å². The zero-order chi connectivity index (χ0) is 19.0. The Kier molecular flexibility index (Phi) is 7.64. The maximum Gasteiger partial charge on any atom is 0.323 e. The summed E-state index contributed by atoms with van der Waals surface area (Å²) in [6, 6.07) is 8.59. The number of esters is 2. The molecule has 1 aliphatic rings. The van der Waals surface area contributed by atoms with Crippen molar-refractivity contribution < 1.29 is 19.1 Å². The number of benzene rings is 1. The third-order valence-electron chi connectivity index (χ3n) is 5.06. The summed E-state index contributed by atoms with van der Waals surface area (Å²) >= 11 is 0. The van der Waals surface area contributed by atoms with Crippen molar-refractivity contribution in [2.45, 2.75) is 53.0 Å². The zero-order valence-corrected chi connectivity index (χ0v) is 16.3. The van der Waals surface area contributed by atoms with Crippen LogP contribution in [0.25, 0.3) is 0 Å². The van der Waals surface area contributed by atoms with Crippen LogP contribution in [0.5, 0.6) is 0 Å². The first-order valence-corrected chi connectivity index (χ1v) is 9.64. The highest BCUT2D eigenvalue weighted by Crippen LogP contribution is 2.28. The molecule has 5 heteroatoms. The van der Waals surface area contributed by atoms with Crippen LogP contribution < -0.4 is 0 Å². The van der Waals surface area contributed by atoms with Crippen LogP contribution in [0.3, 0.4) is 0 Å². The highest BCUT2D eigenvalue weighted by molar-refractivity contribution is 5.99. The molecular formula is C21H31NO4. The van der Waals surface area contributed by atoms with E-state index in [0.717, 1.165) is 38.9 Å². The van der Waals surface area contributed by atoms with Gasteiger partial charge in [-0.3, -0.25) is 14.5 Å². The fraction of sp³-hybridized carbons (Fsp3) is 0.619. The van der Waals surface area contributed by atoms with Gasteiger partial charge in [0.1, 0.15) is 0 Å². The zero-order valence-electron chi connectivity index (χ0n) is 16.3. The predicted octanol–water partition coefficient (Wildman–Crippen LogP) is 3.35. The highest BCUT2D eigenvalue weighted by Gasteiger charge is 2.43. The molecule has 0 saturated heterocycles. The SMILES string of the molecule is CCOC(=O)C(C)(CCCCN1CCc2ccccc2C1)C(=O)OCC. The third kappa shape index (κ3) is 5.07. The van der Waals surface area contributed by atoms with Crippen LogP contribution in [0.1, 0.15) is 51.2 Å². The van der Waals surface area contributed by atoms with Gasteiger partial charge in [-0.05, 0) is 57.7 Å². The minimum atomic E-state index is -1.21. The Morgan fingerprint density at radius 2 is 1.65 bits per heavy atom. The van der Waals surface area contributed by atoms with Crippen molar-refractivity contribution >= 4 is 11.9 Å². The van der Waals surface area contributed by atoms with Crippen LogP contribution in [-0.4, -0.2) is 43.1 Å². The summed E-state index contributed by atoms with van der Waals surface area (Å²) in [5.41, 5.74) is 1.64. The van der Waals surface area contributed by atoms with Crippen LogP contribution in [0.2, 0.25) is 0 Å². The van der Waals surface area contributed by atoms with Gasteiger partial charge in [-0.15, -0.1) is 0 Å². The second-order valence-electron chi connectivity index (χ2n) is 7.03. The van der Waals surface area contributed by atoms with Crippen molar-refractivity contribution in [3.05, 3.63) is 35.4 Å². The van der Waals surface area contributed by atoms with E-state index in [1.54, 1.807) is 20.8 Å². The smallest absolute Gasteiger partial charge is 0.323 e. The number of unbranched alkanes of at least 4 members (excludes halogenated alkanes) is 1. The lowest BCUT2D eigenvalue weighted by atomic mass is 9.84. The molecule has 5 nitrogen and oxygen atoms in total. The maximum atomic E-state index is 12.3. The van der Waals surface area contributed by atoms with Crippen LogP contribution in [0, 0.1) is 5.41 Å². The van der Waals surface area contributed by atoms with Gasteiger partial charge in [0.2, 0.25) is 0 Å². The topological polar surface area (TPSA) is 55.8 Å². The molecule has 0 aliphatic carbocycles. The first kappa shape index (κ1) is 20.4. The Morgan fingerprint density at radius 3 is 2.27 bits per heavy atom. The van der Waals surface area contributed by atoms with E-state index >= 15 is 0 Å². The normalized spacial score (nSPS) is 14.6. The molecule has 0 atom stereocenters. The first-order chi connectivity index (χ1) is 12.5. The van der Waals surface area contributed by atoms with Crippen molar-refractivity contribution in [1.29, 1.82) is 0 Å². The summed E-state index contributed by atoms with van der Waals surface area (Å²) in [7, 11) is 0. The van der Waals surface area contributed by atoms with Crippen LogP contribution in [-0.2, 0) is 32.0 Å². The molecule has 0 unspecified atom stereocenters. The molecule has 1 aromatic rings. The van der Waals surface area contributed by atoms with Gasteiger partial charge in [0.05, 0.1) is 13.2 Å². The van der Waals surface area contributed by atoms with Gasteiger partial charge in [0, 0.05) is 13.1 Å². The molecule has 1 aliphatic heterocycles. The van der Waals surface area contributed by atoms with Crippen LogP contribution >= 0.6 is 0 Å². The number of carbonyl (C=O) groups excluding carboxylic acids is 2. The van der Waals surface area contributed by atoms with Gasteiger partial charge in [0.25, 0.3) is 0 Å². The molecule has 0 saturated carbocycles. The van der Waals surface area contributed by atoms with E-state index in [9.17, 15) is 9.59 Å². The van der Waals surface area contributed by atoms with Crippen LogP contribution in [0.15, 0.2) is 24.3 Å². The highest BCUT2D eigenvalue weighted by atomic mass is 16.6. The van der Waals surface area contributed by atoms with E-state index < -0.39 is 17.4 Å². The van der Waals surface area contributed by atoms with E-state index in [1.807, 2.05) is 0 Å². The van der Waals surface area contributed by atoms with E-state index in [2.05, 4.69) is 29.2 Å². The van der Waals surface area contributed by atoms with Crippen molar-refractivity contribution in [3.63, 3.8) is 0 Å². The summed E-state index contributed by atoms with van der Waals surface area (Å²) in [5.74, 6) is -0.962. The number of hydrogen-bond donors (Lipinski definition) is 0. The molecule has 0 N–H and O–H groups in total. The minimum Gasteiger partial charge on any atom is -0.465 e. The Labute approximate surface area is 156 Å². The average molecular weight is 361 g/mol. The largest absolute Gasteiger partial charge is 0.465 e. The molecule has 0 spiro atoms. The molecule has 2 rings (SSSR count). The fourth-order valence-corrected chi connectivity index (χ4v) is 3.43.